The van der Waals surface area contributed by atoms with Crippen LogP contribution in [0.3, 0.4) is 0 Å². The maximum Gasteiger partial charge on any atom is 0.337 e. The Morgan fingerprint density at radius 2 is 1.69 bits per heavy atom. The first-order valence-electron chi connectivity index (χ1n) is 8.89. The third-order valence-electron chi connectivity index (χ3n) is 4.67. The second-order valence-corrected chi connectivity index (χ2v) is 6.45. The molecule has 1 aliphatic rings. The van der Waals surface area contributed by atoms with Gasteiger partial charge in [-0.25, -0.2) is 4.79 Å². The Labute approximate surface area is 167 Å². The van der Waals surface area contributed by atoms with Crippen LogP contribution in [0.1, 0.15) is 32.7 Å². The first-order chi connectivity index (χ1) is 13.9. The molecule has 0 unspecified atom stereocenters. The Morgan fingerprint density at radius 3 is 2.34 bits per heavy atom. The van der Waals surface area contributed by atoms with Crippen LogP contribution in [0, 0.1) is 0 Å². The smallest absolute Gasteiger partial charge is 0.337 e. The molecule has 0 saturated carbocycles. The lowest BCUT2D eigenvalue weighted by Crippen LogP contribution is -2.46. The summed E-state index contributed by atoms with van der Waals surface area (Å²) in [7, 11) is 2.52. The van der Waals surface area contributed by atoms with E-state index in [1.807, 2.05) is 0 Å². The second kappa shape index (κ2) is 8.55. The van der Waals surface area contributed by atoms with Crippen molar-refractivity contribution in [3.63, 3.8) is 0 Å². The van der Waals surface area contributed by atoms with Crippen molar-refractivity contribution < 1.29 is 28.7 Å². The summed E-state index contributed by atoms with van der Waals surface area (Å²) in [4.78, 5) is 50.8. The van der Waals surface area contributed by atoms with Crippen molar-refractivity contribution in [2.75, 3.05) is 19.5 Å². The molecule has 8 nitrogen and oxygen atoms in total. The van der Waals surface area contributed by atoms with Crippen LogP contribution in [0.5, 0.6) is 0 Å². The second-order valence-electron chi connectivity index (χ2n) is 6.45. The standard InChI is InChI=1S/C21H20N2O6/c1-28-18(24)11-17-19(25)22-16-6-4-3-5-15(16)20(26)23(17)12-13-7-9-14(10-8-13)21(27)29-2/h3-10,17H,11-12H2,1-2H3,(H,22,25)/t17-/m0/s1. The number of rotatable bonds is 5. The molecule has 2 aromatic carbocycles. The minimum Gasteiger partial charge on any atom is -0.469 e. The average Bonchev–Trinajstić information content (AvgIpc) is 2.84. The molecule has 8 heteroatoms. The summed E-state index contributed by atoms with van der Waals surface area (Å²) in [6.45, 7) is 0.0731. The number of methoxy groups -OCH3 is 2. The highest BCUT2D eigenvalue weighted by Gasteiger charge is 2.36. The van der Waals surface area contributed by atoms with Crippen LogP contribution in [0.2, 0.25) is 0 Å². The fourth-order valence-electron chi connectivity index (χ4n) is 3.12. The van der Waals surface area contributed by atoms with Crippen molar-refractivity contribution in [1.29, 1.82) is 0 Å². The largest absolute Gasteiger partial charge is 0.469 e. The Bertz CT molecular complexity index is 954. The Hall–Kier alpha value is -3.68. The molecule has 0 saturated heterocycles. The summed E-state index contributed by atoms with van der Waals surface area (Å²) < 4.78 is 9.38. The quantitative estimate of drug-likeness (QED) is 0.776. The fraction of sp³-hybridized carbons (Fsp3) is 0.238. The summed E-state index contributed by atoms with van der Waals surface area (Å²) in [6, 6.07) is 12.1. The number of anilines is 1. The Kier molecular flexibility index (Phi) is 5.92. The molecule has 2 amide bonds. The van der Waals surface area contributed by atoms with Crippen molar-refractivity contribution in [1.82, 2.24) is 4.90 Å². The number of nitrogens with zero attached hydrogens (tertiary/aromatic N) is 1. The molecule has 2 aromatic rings. The topological polar surface area (TPSA) is 102 Å². The van der Waals surface area contributed by atoms with Crippen LogP contribution in [0.15, 0.2) is 48.5 Å². The van der Waals surface area contributed by atoms with Crippen molar-refractivity contribution in [3.8, 4) is 0 Å². The third kappa shape index (κ3) is 4.26. The van der Waals surface area contributed by atoms with Gasteiger partial charge in [-0.05, 0) is 29.8 Å². The van der Waals surface area contributed by atoms with Crippen molar-refractivity contribution in [3.05, 3.63) is 65.2 Å². The number of fused-ring (bicyclic) bond motifs is 1. The molecule has 0 aliphatic carbocycles. The predicted octanol–water partition coefficient (Wildman–Crippen LogP) is 2.00. The number of amides is 2. The number of benzene rings is 2. The van der Waals surface area contributed by atoms with Crippen LogP contribution in [0.25, 0.3) is 0 Å². The van der Waals surface area contributed by atoms with E-state index < -0.39 is 23.9 Å². The monoisotopic (exact) mass is 396 g/mol. The van der Waals surface area contributed by atoms with E-state index in [2.05, 4.69) is 10.1 Å². The van der Waals surface area contributed by atoms with Gasteiger partial charge in [-0.1, -0.05) is 24.3 Å². The number of nitrogens with one attached hydrogen (secondary N) is 1. The van der Waals surface area contributed by atoms with E-state index in [0.29, 0.717) is 22.4 Å². The van der Waals surface area contributed by atoms with Gasteiger partial charge in [-0.3, -0.25) is 14.4 Å². The van der Waals surface area contributed by atoms with Gasteiger partial charge >= 0.3 is 11.9 Å². The van der Waals surface area contributed by atoms with Gasteiger partial charge in [0.1, 0.15) is 6.04 Å². The first-order valence-corrected chi connectivity index (χ1v) is 8.89. The molecule has 1 aliphatic heterocycles. The number of carbonyl (C=O) groups is 4. The predicted molar refractivity (Wildman–Crippen MR) is 103 cm³/mol. The van der Waals surface area contributed by atoms with Crippen molar-refractivity contribution in [2.45, 2.75) is 19.0 Å². The number of para-hydroxylation sites is 1. The van der Waals surface area contributed by atoms with Gasteiger partial charge in [0.05, 0.1) is 37.5 Å². The number of esters is 2. The van der Waals surface area contributed by atoms with Crippen LogP contribution in [-0.4, -0.2) is 48.9 Å². The highest BCUT2D eigenvalue weighted by Crippen LogP contribution is 2.26. The van der Waals surface area contributed by atoms with Gasteiger partial charge in [0.2, 0.25) is 5.91 Å². The van der Waals surface area contributed by atoms with Gasteiger partial charge < -0.3 is 19.7 Å². The number of ether oxygens (including phenoxy) is 2. The van der Waals surface area contributed by atoms with Gasteiger partial charge in [0.25, 0.3) is 5.91 Å². The normalized spacial score (nSPS) is 15.8. The first kappa shape index (κ1) is 20.1. The lowest BCUT2D eigenvalue weighted by Gasteiger charge is -2.28. The minimum absolute atomic E-state index is 0.0731. The van der Waals surface area contributed by atoms with Crippen LogP contribution in [0.4, 0.5) is 5.69 Å². The van der Waals surface area contributed by atoms with Gasteiger partial charge in [-0.2, -0.15) is 0 Å². The van der Waals surface area contributed by atoms with E-state index in [9.17, 15) is 19.2 Å². The van der Waals surface area contributed by atoms with E-state index >= 15 is 0 Å². The maximum absolute atomic E-state index is 13.2. The molecule has 1 atom stereocenters. The van der Waals surface area contributed by atoms with Crippen LogP contribution >= 0.6 is 0 Å². The number of carbonyl (C=O) groups excluding carboxylic acids is 4. The lowest BCUT2D eigenvalue weighted by molar-refractivity contribution is -0.143. The zero-order chi connectivity index (χ0) is 21.0. The van der Waals surface area contributed by atoms with E-state index in [1.165, 1.54) is 19.1 Å². The molecule has 0 bridgehead atoms. The SMILES string of the molecule is COC(=O)C[C@H]1C(=O)Nc2ccccc2C(=O)N1Cc1ccc(C(=O)OC)cc1. The minimum atomic E-state index is -1.04. The van der Waals surface area contributed by atoms with Crippen LogP contribution in [-0.2, 0) is 25.6 Å². The van der Waals surface area contributed by atoms with E-state index in [0.717, 1.165) is 0 Å². The Morgan fingerprint density at radius 1 is 1.00 bits per heavy atom. The third-order valence-corrected chi connectivity index (χ3v) is 4.67. The fourth-order valence-corrected chi connectivity index (χ4v) is 3.12. The highest BCUT2D eigenvalue weighted by atomic mass is 16.5. The van der Waals surface area contributed by atoms with Crippen molar-refractivity contribution >= 4 is 29.4 Å². The zero-order valence-electron chi connectivity index (χ0n) is 16.0. The number of hydrogen-bond acceptors (Lipinski definition) is 6. The van der Waals surface area contributed by atoms with Gasteiger partial charge in [0.15, 0.2) is 0 Å². The molecule has 0 radical (unpaired) electrons. The molecular weight excluding hydrogens is 376 g/mol. The van der Waals surface area contributed by atoms with Crippen LogP contribution < -0.4 is 5.32 Å². The Balaban J connectivity index is 1.96. The molecule has 1 heterocycles. The molecule has 3 rings (SSSR count). The maximum atomic E-state index is 13.2. The van der Waals surface area contributed by atoms with E-state index in [-0.39, 0.29) is 18.9 Å². The van der Waals surface area contributed by atoms with E-state index in [4.69, 9.17) is 4.74 Å². The van der Waals surface area contributed by atoms with E-state index in [1.54, 1.807) is 48.5 Å². The molecule has 0 spiro atoms. The summed E-state index contributed by atoms with van der Waals surface area (Å²) in [5, 5.41) is 2.71. The lowest BCUT2D eigenvalue weighted by atomic mass is 10.1. The van der Waals surface area contributed by atoms with Gasteiger partial charge in [0, 0.05) is 6.54 Å². The summed E-state index contributed by atoms with van der Waals surface area (Å²) in [5.74, 6) is -1.93. The highest BCUT2D eigenvalue weighted by molar-refractivity contribution is 6.10. The number of hydrogen-bond donors (Lipinski definition) is 1. The average molecular weight is 396 g/mol. The summed E-state index contributed by atoms with van der Waals surface area (Å²) in [6.07, 6.45) is -0.275. The molecular formula is C21H20N2O6. The molecule has 150 valence electrons. The summed E-state index contributed by atoms with van der Waals surface area (Å²) >= 11 is 0. The van der Waals surface area contributed by atoms with Crippen molar-refractivity contribution in [2.24, 2.45) is 0 Å². The molecule has 0 fully saturated rings. The summed E-state index contributed by atoms with van der Waals surface area (Å²) in [5.41, 5.74) is 1.78. The van der Waals surface area contributed by atoms with Gasteiger partial charge in [-0.15, -0.1) is 0 Å². The molecule has 29 heavy (non-hydrogen) atoms. The molecule has 1 N–H and O–H groups in total. The molecule has 0 aromatic heterocycles. The zero-order valence-corrected chi connectivity index (χ0v) is 16.0.